The number of carbonyl (C=O) groups is 1. The molecule has 1 aromatic carbocycles. The highest BCUT2D eigenvalue weighted by Crippen LogP contribution is 2.26. The minimum absolute atomic E-state index is 0.240. The third-order valence-electron chi connectivity index (χ3n) is 4.83. The molecule has 0 saturated carbocycles. The van der Waals surface area contributed by atoms with Crippen LogP contribution in [0.1, 0.15) is 47.7 Å². The lowest BCUT2D eigenvalue weighted by atomic mass is 10.1. The van der Waals surface area contributed by atoms with Crippen LogP contribution in [0.2, 0.25) is 0 Å². The van der Waals surface area contributed by atoms with Crippen LogP contribution < -0.4 is 5.32 Å². The summed E-state index contributed by atoms with van der Waals surface area (Å²) in [6, 6.07) is 8.02. The van der Waals surface area contributed by atoms with Crippen molar-refractivity contribution in [2.75, 3.05) is 13.1 Å². The molecule has 0 aliphatic carbocycles. The number of nitrogens with one attached hydrogen (secondary N) is 1. The van der Waals surface area contributed by atoms with Crippen LogP contribution in [-0.2, 0) is 10.0 Å². The van der Waals surface area contributed by atoms with E-state index in [2.05, 4.69) is 20.3 Å². The van der Waals surface area contributed by atoms with E-state index in [9.17, 15) is 13.2 Å². The number of rotatable bonds is 8. The maximum absolute atomic E-state index is 12.8. The van der Waals surface area contributed by atoms with Gasteiger partial charge in [-0.15, -0.1) is 11.3 Å². The Kier molecular flexibility index (Phi) is 7.14. The van der Waals surface area contributed by atoms with Gasteiger partial charge in [-0.1, -0.05) is 26.0 Å². The zero-order valence-electron chi connectivity index (χ0n) is 17.9. The monoisotopic (exact) mass is 459 g/mol. The summed E-state index contributed by atoms with van der Waals surface area (Å²) in [5.74, 6) is 0.234. The molecule has 164 valence electrons. The maximum atomic E-state index is 12.8. The van der Waals surface area contributed by atoms with Gasteiger partial charge in [-0.2, -0.15) is 4.31 Å². The molecule has 1 amide bonds. The van der Waals surface area contributed by atoms with E-state index in [-0.39, 0.29) is 16.8 Å². The molecule has 2 heterocycles. The maximum Gasteiger partial charge on any atom is 0.263 e. The van der Waals surface area contributed by atoms with E-state index < -0.39 is 10.0 Å². The number of benzene rings is 1. The van der Waals surface area contributed by atoms with Gasteiger partial charge in [0, 0.05) is 25.5 Å². The van der Waals surface area contributed by atoms with Gasteiger partial charge in [-0.05, 0) is 37.6 Å². The lowest BCUT2D eigenvalue weighted by Gasteiger charge is -2.19. The summed E-state index contributed by atoms with van der Waals surface area (Å²) < 4.78 is 26.7. The molecule has 0 radical (unpaired) electrons. The van der Waals surface area contributed by atoms with Crippen LogP contribution in [0.25, 0.3) is 10.8 Å². The van der Waals surface area contributed by atoms with Gasteiger partial charge in [0.1, 0.15) is 4.88 Å². The number of aryl methyl sites for hydroxylation is 1. The zero-order valence-corrected chi connectivity index (χ0v) is 19.5. The highest BCUT2D eigenvalue weighted by atomic mass is 32.2. The smallest absolute Gasteiger partial charge is 0.263 e. The van der Waals surface area contributed by atoms with Crippen molar-refractivity contribution in [1.29, 1.82) is 0 Å². The number of amides is 1. The summed E-state index contributed by atoms with van der Waals surface area (Å²) in [6.45, 7) is 8.07. The van der Waals surface area contributed by atoms with Crippen molar-refractivity contribution in [1.82, 2.24) is 24.6 Å². The summed E-state index contributed by atoms with van der Waals surface area (Å²) in [5.41, 5.74) is 1.42. The Bertz CT molecular complexity index is 1140. The molecule has 3 rings (SSSR count). The number of aromatic nitrogens is 3. The highest BCUT2D eigenvalue weighted by Gasteiger charge is 2.23. The van der Waals surface area contributed by atoms with Crippen LogP contribution in [0.5, 0.6) is 0 Å². The normalized spacial score (nSPS) is 12.7. The fourth-order valence-corrected chi connectivity index (χ4v) is 5.47. The summed E-state index contributed by atoms with van der Waals surface area (Å²) in [6.07, 6.45) is 3.26. The first-order valence-corrected chi connectivity index (χ1v) is 12.2. The molecule has 8 nitrogen and oxygen atoms in total. The fourth-order valence-electron chi connectivity index (χ4n) is 3.10. The van der Waals surface area contributed by atoms with E-state index in [1.54, 1.807) is 49.6 Å². The number of nitrogens with zero attached hydrogens (tertiary/aromatic N) is 4. The lowest BCUT2D eigenvalue weighted by molar-refractivity contribution is 0.0943. The van der Waals surface area contributed by atoms with E-state index >= 15 is 0 Å². The van der Waals surface area contributed by atoms with Crippen LogP contribution in [0.15, 0.2) is 47.6 Å². The van der Waals surface area contributed by atoms with Crippen molar-refractivity contribution < 1.29 is 13.2 Å². The van der Waals surface area contributed by atoms with Crippen molar-refractivity contribution in [2.24, 2.45) is 0 Å². The molecule has 1 unspecified atom stereocenters. The molecule has 0 spiro atoms. The molecule has 10 heteroatoms. The number of hydrogen-bond donors (Lipinski definition) is 1. The van der Waals surface area contributed by atoms with Crippen LogP contribution >= 0.6 is 11.3 Å². The van der Waals surface area contributed by atoms with Gasteiger partial charge in [-0.3, -0.25) is 4.79 Å². The first-order valence-electron chi connectivity index (χ1n) is 9.93. The second-order valence-electron chi connectivity index (χ2n) is 6.86. The van der Waals surface area contributed by atoms with Gasteiger partial charge in [0.15, 0.2) is 10.8 Å². The molecule has 31 heavy (non-hydrogen) atoms. The third-order valence-corrected chi connectivity index (χ3v) is 8.05. The van der Waals surface area contributed by atoms with Gasteiger partial charge in [0.05, 0.1) is 16.6 Å². The fraction of sp³-hybridized carbons (Fsp3) is 0.333. The van der Waals surface area contributed by atoms with Crippen LogP contribution in [0.3, 0.4) is 0 Å². The molecular weight excluding hydrogens is 434 g/mol. The Morgan fingerprint density at radius 2 is 1.74 bits per heavy atom. The SMILES string of the molecule is CCN(CC)S(=O)(=O)c1ccc(C(C)NC(=O)c2sc(-c3ncccn3)nc2C)cc1. The highest BCUT2D eigenvalue weighted by molar-refractivity contribution is 7.89. The molecule has 1 atom stereocenters. The predicted molar refractivity (Wildman–Crippen MR) is 120 cm³/mol. The first kappa shape index (κ1) is 23.0. The molecule has 0 aliphatic heterocycles. The number of sulfonamides is 1. The van der Waals surface area contributed by atoms with Crippen molar-refractivity contribution in [2.45, 2.75) is 38.6 Å². The molecule has 0 aliphatic rings. The Labute approximate surface area is 186 Å². The van der Waals surface area contributed by atoms with Crippen LogP contribution in [-0.4, -0.2) is 46.7 Å². The molecule has 2 aromatic heterocycles. The van der Waals surface area contributed by atoms with E-state index in [0.29, 0.717) is 34.5 Å². The molecule has 1 N–H and O–H groups in total. The van der Waals surface area contributed by atoms with E-state index in [0.717, 1.165) is 5.56 Å². The largest absolute Gasteiger partial charge is 0.345 e. The Morgan fingerprint density at radius 3 is 2.32 bits per heavy atom. The second kappa shape index (κ2) is 9.63. The van der Waals surface area contributed by atoms with Crippen molar-refractivity contribution >= 4 is 27.3 Å². The first-order chi connectivity index (χ1) is 14.8. The van der Waals surface area contributed by atoms with Crippen molar-refractivity contribution in [3.8, 4) is 10.8 Å². The zero-order chi connectivity index (χ0) is 22.6. The van der Waals surface area contributed by atoms with E-state index in [1.165, 1.54) is 15.6 Å². The molecular formula is C21H25N5O3S2. The van der Waals surface area contributed by atoms with Crippen LogP contribution in [0.4, 0.5) is 0 Å². The Morgan fingerprint density at radius 1 is 1.13 bits per heavy atom. The van der Waals surface area contributed by atoms with Crippen molar-refractivity contribution in [3.63, 3.8) is 0 Å². The summed E-state index contributed by atoms with van der Waals surface area (Å²) in [5, 5.41) is 3.54. The average molecular weight is 460 g/mol. The average Bonchev–Trinajstić information content (AvgIpc) is 3.17. The summed E-state index contributed by atoms with van der Waals surface area (Å²) in [7, 11) is -3.51. The second-order valence-corrected chi connectivity index (χ2v) is 9.80. The van der Waals surface area contributed by atoms with Crippen molar-refractivity contribution in [3.05, 3.63) is 58.9 Å². The quantitative estimate of drug-likeness (QED) is 0.553. The summed E-state index contributed by atoms with van der Waals surface area (Å²) in [4.78, 5) is 26.3. The van der Waals surface area contributed by atoms with E-state index in [4.69, 9.17) is 0 Å². The van der Waals surface area contributed by atoms with Gasteiger partial charge in [0.2, 0.25) is 10.0 Å². The van der Waals surface area contributed by atoms with Gasteiger partial charge in [-0.25, -0.2) is 23.4 Å². The predicted octanol–water partition coefficient (Wildman–Crippen LogP) is 3.43. The van der Waals surface area contributed by atoms with Crippen LogP contribution in [0, 0.1) is 6.92 Å². The number of carbonyl (C=O) groups excluding carboxylic acids is 1. The molecule has 3 aromatic rings. The van der Waals surface area contributed by atoms with Gasteiger partial charge < -0.3 is 5.32 Å². The minimum atomic E-state index is -3.51. The van der Waals surface area contributed by atoms with Gasteiger partial charge >= 0.3 is 0 Å². The van der Waals surface area contributed by atoms with Gasteiger partial charge in [0.25, 0.3) is 5.91 Å². The Balaban J connectivity index is 1.74. The molecule has 0 saturated heterocycles. The summed E-state index contributed by atoms with van der Waals surface area (Å²) >= 11 is 1.24. The topological polar surface area (TPSA) is 105 Å². The minimum Gasteiger partial charge on any atom is -0.345 e. The standard InChI is InChI=1S/C21H25N5O3S2/c1-5-26(6-2)31(28,29)17-10-8-16(9-11-17)14(3)24-20(27)18-15(4)25-21(30-18)19-22-12-7-13-23-19/h7-14H,5-6H2,1-4H3,(H,24,27). The molecule has 0 fully saturated rings. The third kappa shape index (κ3) is 4.97. The number of thiazole rings is 1. The Hall–Kier alpha value is -2.69. The van der Waals surface area contributed by atoms with E-state index in [1.807, 2.05) is 20.8 Å². The number of hydrogen-bond acceptors (Lipinski definition) is 7. The lowest BCUT2D eigenvalue weighted by Crippen LogP contribution is -2.30. The molecule has 0 bridgehead atoms.